The van der Waals surface area contributed by atoms with Crippen molar-refractivity contribution in [1.29, 1.82) is 0 Å². The molecule has 2 heteroatoms. The molecule has 0 saturated heterocycles. The number of Topliss-reactive ketones (excluding diaryl/α,β-unsaturated/α-hetero) is 1. The van der Waals surface area contributed by atoms with Gasteiger partial charge >= 0.3 is 0 Å². The Bertz CT molecular complexity index is 239. The topological polar surface area (TPSA) is 34.1 Å². The third kappa shape index (κ3) is 7.47. The fourth-order valence-corrected chi connectivity index (χ4v) is 1.11. The zero-order valence-electron chi connectivity index (χ0n) is 8.95. The molecule has 0 aliphatic rings. The molecule has 2 nitrogen and oxygen atoms in total. The second-order valence-electron chi connectivity index (χ2n) is 3.61. The summed E-state index contributed by atoms with van der Waals surface area (Å²) in [5.74, 6) is 0.345. The maximum Gasteiger partial charge on any atom is 0.129 e. The lowest BCUT2D eigenvalue weighted by Crippen LogP contribution is -2.01. The number of hydrogen-bond donors (Lipinski definition) is 0. The van der Waals surface area contributed by atoms with E-state index in [1.807, 2.05) is 19.1 Å². The molecule has 0 aliphatic heterocycles. The summed E-state index contributed by atoms with van der Waals surface area (Å²) in [6.45, 7) is 7.21. The van der Waals surface area contributed by atoms with E-state index in [0.29, 0.717) is 12.8 Å². The molecule has 0 aromatic carbocycles. The van der Waals surface area contributed by atoms with Crippen molar-refractivity contribution in [3.05, 3.63) is 24.3 Å². The fourth-order valence-electron chi connectivity index (χ4n) is 1.11. The van der Waals surface area contributed by atoms with Gasteiger partial charge in [-0.2, -0.15) is 0 Å². The van der Waals surface area contributed by atoms with Crippen LogP contribution < -0.4 is 0 Å². The zero-order valence-corrected chi connectivity index (χ0v) is 8.95. The Morgan fingerprint density at radius 1 is 1.43 bits per heavy atom. The van der Waals surface area contributed by atoms with Crippen molar-refractivity contribution in [3.8, 4) is 0 Å². The largest absolute Gasteiger partial charge is 0.303 e. The molecule has 0 bridgehead atoms. The van der Waals surface area contributed by atoms with Crippen LogP contribution in [-0.2, 0) is 9.59 Å². The lowest BCUT2D eigenvalue weighted by molar-refractivity contribution is -0.117. The van der Waals surface area contributed by atoms with Gasteiger partial charge in [-0.3, -0.25) is 0 Å². The van der Waals surface area contributed by atoms with Crippen LogP contribution in [0.2, 0.25) is 0 Å². The van der Waals surface area contributed by atoms with Crippen LogP contribution in [-0.4, -0.2) is 12.1 Å². The number of hydrogen-bond acceptors (Lipinski definition) is 2. The predicted molar refractivity (Wildman–Crippen MR) is 58.0 cm³/mol. The Kier molecular flexibility index (Phi) is 6.63. The highest BCUT2D eigenvalue weighted by atomic mass is 16.1. The molecule has 0 aliphatic carbocycles. The van der Waals surface area contributed by atoms with E-state index in [4.69, 9.17) is 0 Å². The second-order valence-corrected chi connectivity index (χ2v) is 3.61. The van der Waals surface area contributed by atoms with Gasteiger partial charge in [0, 0.05) is 12.8 Å². The molecule has 0 N–H and O–H groups in total. The Morgan fingerprint density at radius 3 is 2.50 bits per heavy atom. The van der Waals surface area contributed by atoms with Gasteiger partial charge in [-0.15, -0.1) is 0 Å². The summed E-state index contributed by atoms with van der Waals surface area (Å²) in [4.78, 5) is 21.1. The summed E-state index contributed by atoms with van der Waals surface area (Å²) in [5, 5.41) is 0. The highest BCUT2D eigenvalue weighted by molar-refractivity contribution is 5.75. The van der Waals surface area contributed by atoms with Gasteiger partial charge in [0.25, 0.3) is 0 Å². The summed E-state index contributed by atoms with van der Waals surface area (Å²) in [7, 11) is 0. The SMILES string of the molecule is C=C(C)C=CC(CC=O)CCC(C)=O. The minimum absolute atomic E-state index is 0.171. The van der Waals surface area contributed by atoms with Gasteiger partial charge in [-0.05, 0) is 26.2 Å². The lowest BCUT2D eigenvalue weighted by atomic mass is 9.98. The van der Waals surface area contributed by atoms with Crippen LogP contribution in [0, 0.1) is 5.92 Å². The van der Waals surface area contributed by atoms with Crippen LogP contribution in [0.25, 0.3) is 0 Å². The first kappa shape index (κ1) is 12.8. The zero-order chi connectivity index (χ0) is 11.0. The van der Waals surface area contributed by atoms with Crippen LogP contribution in [0.5, 0.6) is 0 Å². The third-order valence-electron chi connectivity index (χ3n) is 1.92. The number of carbonyl (C=O) groups is 2. The van der Waals surface area contributed by atoms with Crippen molar-refractivity contribution >= 4 is 12.1 Å². The minimum atomic E-state index is 0.171. The maximum atomic E-state index is 10.8. The minimum Gasteiger partial charge on any atom is -0.303 e. The van der Waals surface area contributed by atoms with Gasteiger partial charge in [0.05, 0.1) is 0 Å². The Balaban J connectivity index is 4.07. The average Bonchev–Trinajstić information content (AvgIpc) is 2.09. The van der Waals surface area contributed by atoms with Crippen molar-refractivity contribution in [3.63, 3.8) is 0 Å². The molecule has 1 unspecified atom stereocenters. The third-order valence-corrected chi connectivity index (χ3v) is 1.92. The molecule has 0 aromatic rings. The van der Waals surface area contributed by atoms with Crippen molar-refractivity contribution in [2.24, 2.45) is 5.92 Å². The summed E-state index contributed by atoms with van der Waals surface area (Å²) in [6, 6.07) is 0. The number of allylic oxidation sites excluding steroid dienone is 3. The fraction of sp³-hybridized carbons (Fsp3) is 0.500. The summed E-state index contributed by atoms with van der Waals surface area (Å²) < 4.78 is 0. The van der Waals surface area contributed by atoms with Crippen LogP contribution >= 0.6 is 0 Å². The smallest absolute Gasteiger partial charge is 0.129 e. The first-order chi connectivity index (χ1) is 6.56. The van der Waals surface area contributed by atoms with Gasteiger partial charge in [0.2, 0.25) is 0 Å². The Morgan fingerprint density at radius 2 is 2.07 bits per heavy atom. The summed E-state index contributed by atoms with van der Waals surface area (Å²) in [6.07, 6.45) is 6.52. The molecule has 0 fully saturated rings. The molecule has 0 aromatic heterocycles. The van der Waals surface area contributed by atoms with Gasteiger partial charge in [0.1, 0.15) is 12.1 Å². The molecule has 14 heavy (non-hydrogen) atoms. The molecule has 0 spiro atoms. The molecule has 0 amide bonds. The molecule has 0 heterocycles. The van der Waals surface area contributed by atoms with Gasteiger partial charge in [-0.25, -0.2) is 0 Å². The second kappa shape index (κ2) is 7.25. The van der Waals surface area contributed by atoms with Crippen LogP contribution in [0.15, 0.2) is 24.3 Å². The number of carbonyl (C=O) groups excluding carboxylic acids is 2. The van der Waals surface area contributed by atoms with Gasteiger partial charge < -0.3 is 9.59 Å². The average molecular weight is 194 g/mol. The number of rotatable bonds is 7. The first-order valence-corrected chi connectivity index (χ1v) is 4.83. The molecular weight excluding hydrogens is 176 g/mol. The van der Waals surface area contributed by atoms with Crippen molar-refractivity contribution in [1.82, 2.24) is 0 Å². The molecule has 78 valence electrons. The monoisotopic (exact) mass is 194 g/mol. The molecule has 0 radical (unpaired) electrons. The molecule has 1 atom stereocenters. The van der Waals surface area contributed by atoms with Crippen LogP contribution in [0.4, 0.5) is 0 Å². The summed E-state index contributed by atoms with van der Waals surface area (Å²) in [5.41, 5.74) is 0.962. The highest BCUT2D eigenvalue weighted by Gasteiger charge is 2.05. The van der Waals surface area contributed by atoms with E-state index < -0.39 is 0 Å². The summed E-state index contributed by atoms with van der Waals surface area (Å²) >= 11 is 0. The van der Waals surface area contributed by atoms with E-state index in [9.17, 15) is 9.59 Å². The predicted octanol–water partition coefficient (Wildman–Crippen LogP) is 2.69. The molecule has 0 rings (SSSR count). The molecular formula is C12H18O2. The van der Waals surface area contributed by atoms with Crippen molar-refractivity contribution in [2.45, 2.75) is 33.1 Å². The molecule has 0 saturated carbocycles. The van der Waals surface area contributed by atoms with Crippen molar-refractivity contribution < 1.29 is 9.59 Å². The Hall–Kier alpha value is -1.18. The van der Waals surface area contributed by atoms with E-state index in [0.717, 1.165) is 18.3 Å². The van der Waals surface area contributed by atoms with E-state index in [1.165, 1.54) is 0 Å². The van der Waals surface area contributed by atoms with E-state index in [1.54, 1.807) is 6.92 Å². The van der Waals surface area contributed by atoms with E-state index in [-0.39, 0.29) is 11.7 Å². The standard InChI is InChI=1S/C12H18O2/c1-10(2)4-6-12(8-9-13)7-5-11(3)14/h4,6,9,12H,1,5,7-8H2,2-3H3. The number of ketones is 1. The van der Waals surface area contributed by atoms with Gasteiger partial charge in [-0.1, -0.05) is 24.3 Å². The number of aldehydes is 1. The van der Waals surface area contributed by atoms with Crippen LogP contribution in [0.1, 0.15) is 33.1 Å². The quantitative estimate of drug-likeness (QED) is 0.461. The normalized spacial score (nSPS) is 12.7. The lowest BCUT2D eigenvalue weighted by Gasteiger charge is -2.07. The Labute approximate surface area is 85.7 Å². The van der Waals surface area contributed by atoms with Crippen molar-refractivity contribution in [2.75, 3.05) is 0 Å². The maximum absolute atomic E-state index is 10.8. The van der Waals surface area contributed by atoms with Gasteiger partial charge in [0.15, 0.2) is 0 Å². The van der Waals surface area contributed by atoms with E-state index >= 15 is 0 Å². The van der Waals surface area contributed by atoms with E-state index in [2.05, 4.69) is 6.58 Å². The highest BCUT2D eigenvalue weighted by Crippen LogP contribution is 2.13. The van der Waals surface area contributed by atoms with Crippen LogP contribution in [0.3, 0.4) is 0 Å². The first-order valence-electron chi connectivity index (χ1n) is 4.83.